The monoisotopic (exact) mass is 421 g/mol. The predicted molar refractivity (Wildman–Crippen MR) is 125 cm³/mol. The Kier molecular flexibility index (Phi) is 5.87. The summed E-state index contributed by atoms with van der Waals surface area (Å²) in [5, 5.41) is 20.0. The lowest BCUT2D eigenvalue weighted by Crippen LogP contribution is -2.13. The molecule has 0 atom stereocenters. The van der Waals surface area contributed by atoms with Crippen molar-refractivity contribution in [2.45, 2.75) is 26.3 Å². The lowest BCUT2D eigenvalue weighted by molar-refractivity contribution is -0.131. The van der Waals surface area contributed by atoms with Gasteiger partial charge in [0.2, 0.25) is 0 Å². The molecule has 0 radical (unpaired) electrons. The molecule has 0 bridgehead atoms. The number of fused-ring (bicyclic) bond motifs is 1. The number of aromatic nitrogens is 2. The van der Waals surface area contributed by atoms with Crippen LogP contribution in [0.5, 0.6) is 0 Å². The molecule has 0 spiro atoms. The highest BCUT2D eigenvalue weighted by Crippen LogP contribution is 2.33. The van der Waals surface area contributed by atoms with Crippen molar-refractivity contribution in [1.29, 1.82) is 5.26 Å². The molecule has 5 heteroatoms. The van der Waals surface area contributed by atoms with Crippen LogP contribution in [-0.4, -0.2) is 20.6 Å². The predicted octanol–water partition coefficient (Wildman–Crippen LogP) is 5.45. The number of carbonyl (C=O) groups is 1. The maximum Gasteiger partial charge on any atom is 0.328 e. The Labute approximate surface area is 186 Å². The number of aliphatic carboxylic acids is 1. The van der Waals surface area contributed by atoms with Gasteiger partial charge in [-0.05, 0) is 42.7 Å². The Morgan fingerprint density at radius 3 is 2.22 bits per heavy atom. The first-order valence-corrected chi connectivity index (χ1v) is 10.4. The first-order valence-electron chi connectivity index (χ1n) is 10.4. The topological polar surface area (TPSA) is 78.9 Å². The second-order valence-electron chi connectivity index (χ2n) is 7.81. The second kappa shape index (κ2) is 8.91. The highest BCUT2D eigenvalue weighted by Gasteiger charge is 2.23. The first-order chi connectivity index (χ1) is 15.5. The lowest BCUT2D eigenvalue weighted by Gasteiger charge is -2.21. The van der Waals surface area contributed by atoms with Gasteiger partial charge in [0.25, 0.3) is 0 Å². The first kappa shape index (κ1) is 21.1. The van der Waals surface area contributed by atoms with Gasteiger partial charge in [-0.3, -0.25) is 0 Å². The van der Waals surface area contributed by atoms with Crippen LogP contribution in [0.15, 0.2) is 72.8 Å². The van der Waals surface area contributed by atoms with E-state index in [0.717, 1.165) is 33.8 Å². The van der Waals surface area contributed by atoms with Crippen LogP contribution in [-0.2, 0) is 11.3 Å². The number of hydrogen-bond acceptors (Lipinski definition) is 3. The van der Waals surface area contributed by atoms with Crippen molar-refractivity contribution in [3.63, 3.8) is 0 Å². The number of nitriles is 1. The van der Waals surface area contributed by atoms with Crippen molar-refractivity contribution in [2.75, 3.05) is 0 Å². The summed E-state index contributed by atoms with van der Waals surface area (Å²) in [6, 6.07) is 24.6. The molecule has 2 aromatic carbocycles. The number of pyridine rings is 1. The highest BCUT2D eigenvalue weighted by molar-refractivity contribution is 5.93. The fraction of sp³-hybridized carbons (Fsp3) is 0.148. The summed E-state index contributed by atoms with van der Waals surface area (Å²) >= 11 is 0. The van der Waals surface area contributed by atoms with Crippen LogP contribution in [0, 0.1) is 25.2 Å². The molecule has 0 aliphatic heterocycles. The molecular formula is C27H23N3O2. The molecule has 4 aromatic rings. The average molecular weight is 422 g/mol. The summed E-state index contributed by atoms with van der Waals surface area (Å²) in [4.78, 5) is 16.1. The van der Waals surface area contributed by atoms with E-state index in [1.165, 1.54) is 6.08 Å². The van der Waals surface area contributed by atoms with Crippen LogP contribution in [0.1, 0.15) is 39.6 Å². The minimum atomic E-state index is -1.06. The maximum absolute atomic E-state index is 11.3. The third-order valence-corrected chi connectivity index (χ3v) is 5.64. The largest absolute Gasteiger partial charge is 0.478 e. The molecule has 32 heavy (non-hydrogen) atoms. The standard InChI is InChI=1S/C27H23N3O2/c1-18-15-19(2)29-27-26(18)22(16-28)24(13-14-25(31)32)30(27)17-23(20-9-5-3-6-10-20)21-11-7-4-8-12-21/h3-15,23H,17H2,1-2H3,(H,31,32)/b14-13+. The molecule has 0 saturated carbocycles. The number of nitrogens with zero attached hydrogens (tertiary/aromatic N) is 3. The van der Waals surface area contributed by atoms with E-state index < -0.39 is 5.97 Å². The Morgan fingerprint density at radius 1 is 1.09 bits per heavy atom. The molecule has 0 aliphatic rings. The van der Waals surface area contributed by atoms with E-state index >= 15 is 0 Å². The zero-order valence-electron chi connectivity index (χ0n) is 18.0. The fourth-order valence-corrected chi connectivity index (χ4v) is 4.28. The van der Waals surface area contributed by atoms with Gasteiger partial charge in [-0.15, -0.1) is 0 Å². The van der Waals surface area contributed by atoms with Crippen LogP contribution in [0.3, 0.4) is 0 Å². The SMILES string of the molecule is Cc1cc(C)c2c(C#N)c(/C=C/C(=O)O)n(CC(c3ccccc3)c3ccccc3)c2n1. The smallest absolute Gasteiger partial charge is 0.328 e. The normalized spacial score (nSPS) is 11.3. The van der Waals surface area contributed by atoms with E-state index in [0.29, 0.717) is 23.4 Å². The van der Waals surface area contributed by atoms with Crippen molar-refractivity contribution in [2.24, 2.45) is 0 Å². The van der Waals surface area contributed by atoms with Gasteiger partial charge in [0.1, 0.15) is 11.7 Å². The van der Waals surface area contributed by atoms with E-state index in [1.54, 1.807) is 0 Å². The van der Waals surface area contributed by atoms with Crippen molar-refractivity contribution in [3.05, 3.63) is 106 Å². The molecule has 0 unspecified atom stereocenters. The third kappa shape index (κ3) is 4.03. The molecule has 0 fully saturated rings. The molecule has 5 nitrogen and oxygen atoms in total. The van der Waals surface area contributed by atoms with Gasteiger partial charge in [-0.2, -0.15) is 5.26 Å². The van der Waals surface area contributed by atoms with Crippen LogP contribution in [0.4, 0.5) is 0 Å². The average Bonchev–Trinajstić information content (AvgIpc) is 3.09. The van der Waals surface area contributed by atoms with Crippen LogP contribution in [0.25, 0.3) is 17.1 Å². The minimum Gasteiger partial charge on any atom is -0.478 e. The fourth-order valence-electron chi connectivity index (χ4n) is 4.28. The van der Waals surface area contributed by atoms with E-state index in [9.17, 15) is 15.2 Å². The number of rotatable bonds is 6. The Hall–Kier alpha value is -4.17. The molecular weight excluding hydrogens is 398 g/mol. The number of benzene rings is 2. The molecule has 1 N–H and O–H groups in total. The molecule has 0 aliphatic carbocycles. The van der Waals surface area contributed by atoms with E-state index in [4.69, 9.17) is 4.98 Å². The Bertz CT molecular complexity index is 1310. The third-order valence-electron chi connectivity index (χ3n) is 5.64. The highest BCUT2D eigenvalue weighted by atomic mass is 16.4. The van der Waals surface area contributed by atoms with E-state index in [2.05, 4.69) is 30.3 Å². The zero-order valence-corrected chi connectivity index (χ0v) is 18.0. The molecule has 4 rings (SSSR count). The quantitative estimate of drug-likeness (QED) is 0.420. The van der Waals surface area contributed by atoms with Crippen LogP contribution >= 0.6 is 0 Å². The Balaban J connectivity index is 1.99. The number of hydrogen-bond donors (Lipinski definition) is 1. The summed E-state index contributed by atoms with van der Waals surface area (Å²) in [6.45, 7) is 4.40. The van der Waals surface area contributed by atoms with Gasteiger partial charge in [0.05, 0.1) is 11.3 Å². The van der Waals surface area contributed by atoms with Crippen molar-refractivity contribution in [1.82, 2.24) is 9.55 Å². The van der Waals surface area contributed by atoms with Gasteiger partial charge in [0, 0.05) is 29.6 Å². The van der Waals surface area contributed by atoms with Gasteiger partial charge < -0.3 is 9.67 Å². The molecule has 0 saturated heterocycles. The summed E-state index contributed by atoms with van der Waals surface area (Å²) in [6.07, 6.45) is 2.58. The van der Waals surface area contributed by atoms with E-state index in [-0.39, 0.29) is 5.92 Å². The number of carboxylic acids is 1. The van der Waals surface area contributed by atoms with Gasteiger partial charge in [0.15, 0.2) is 0 Å². The molecule has 2 aromatic heterocycles. The minimum absolute atomic E-state index is 0.000797. The molecule has 158 valence electrons. The van der Waals surface area contributed by atoms with Gasteiger partial charge >= 0.3 is 5.97 Å². The number of aryl methyl sites for hydroxylation is 2. The van der Waals surface area contributed by atoms with Crippen molar-refractivity contribution >= 4 is 23.1 Å². The van der Waals surface area contributed by atoms with Crippen molar-refractivity contribution < 1.29 is 9.90 Å². The number of carboxylic acid groups (broad SMARTS) is 1. The lowest BCUT2D eigenvalue weighted by atomic mass is 9.91. The summed E-state index contributed by atoms with van der Waals surface area (Å²) in [5.74, 6) is -1.06. The summed E-state index contributed by atoms with van der Waals surface area (Å²) < 4.78 is 1.98. The molecule has 0 amide bonds. The molecule has 2 heterocycles. The Morgan fingerprint density at radius 2 is 1.69 bits per heavy atom. The van der Waals surface area contributed by atoms with E-state index in [1.807, 2.05) is 60.9 Å². The maximum atomic E-state index is 11.3. The zero-order chi connectivity index (χ0) is 22.7. The van der Waals surface area contributed by atoms with Gasteiger partial charge in [-0.1, -0.05) is 60.7 Å². The van der Waals surface area contributed by atoms with Gasteiger partial charge in [-0.25, -0.2) is 9.78 Å². The van der Waals surface area contributed by atoms with Crippen LogP contribution < -0.4 is 0 Å². The van der Waals surface area contributed by atoms with Crippen LogP contribution in [0.2, 0.25) is 0 Å². The summed E-state index contributed by atoms with van der Waals surface area (Å²) in [5.41, 5.74) is 5.77. The second-order valence-corrected chi connectivity index (χ2v) is 7.81. The summed E-state index contributed by atoms with van der Waals surface area (Å²) in [7, 11) is 0. The van der Waals surface area contributed by atoms with Crippen molar-refractivity contribution in [3.8, 4) is 6.07 Å².